The van der Waals surface area contributed by atoms with E-state index in [-0.39, 0.29) is 6.61 Å². The fourth-order valence-corrected chi connectivity index (χ4v) is 1.92. The van der Waals surface area contributed by atoms with E-state index in [2.05, 4.69) is 5.32 Å². The molecule has 0 aliphatic rings. The number of likely N-dealkylation sites (N-methyl/N-ethyl adjacent to an activating group) is 1. The lowest BCUT2D eigenvalue weighted by Gasteiger charge is -2.20. The molecule has 0 fully saturated rings. The lowest BCUT2D eigenvalue weighted by molar-refractivity contribution is -0.141. The molecule has 8 heteroatoms. The van der Waals surface area contributed by atoms with E-state index in [1.807, 2.05) is 29.1 Å². The molecular formula is C15H22BN2O5. The Morgan fingerprint density at radius 1 is 1.43 bits per heavy atom. The molecule has 23 heavy (non-hydrogen) atoms. The lowest BCUT2D eigenvalue weighted by atomic mass is 9.93. The monoisotopic (exact) mass is 321 g/mol. The fourth-order valence-electron chi connectivity index (χ4n) is 1.92. The standard InChI is InChI=1S/C15H22BN2O5/c1-17-14(15(20)21)10-23-8-7-18(16-11-19)9-12-3-5-13(22-2)6-4-12/h3-6,11,14,17H,7-10H2,1-2H3,(H,20,21)/t14-/m0/s1. The number of carbonyl (C=O) groups excluding carboxylic acids is 1. The minimum absolute atomic E-state index is 0.0727. The fraction of sp³-hybridized carbons (Fsp3) is 0.467. The summed E-state index contributed by atoms with van der Waals surface area (Å²) in [5.41, 5.74) is 1.03. The van der Waals surface area contributed by atoms with Crippen LogP contribution >= 0.6 is 0 Å². The molecule has 7 nitrogen and oxygen atoms in total. The van der Waals surface area contributed by atoms with Crippen molar-refractivity contribution in [2.75, 3.05) is 33.9 Å². The highest BCUT2D eigenvalue weighted by molar-refractivity contribution is 6.64. The molecule has 1 rings (SSSR count). The van der Waals surface area contributed by atoms with Crippen LogP contribution in [0.3, 0.4) is 0 Å². The first kappa shape index (κ1) is 19.2. The smallest absolute Gasteiger partial charge is 0.323 e. The number of nitrogens with one attached hydrogen (secondary N) is 1. The largest absolute Gasteiger partial charge is 0.497 e. The molecule has 0 saturated carbocycles. The molecule has 1 aromatic carbocycles. The van der Waals surface area contributed by atoms with Gasteiger partial charge in [0.25, 0.3) is 7.41 Å². The van der Waals surface area contributed by atoms with E-state index in [4.69, 9.17) is 14.6 Å². The highest BCUT2D eigenvalue weighted by Crippen LogP contribution is 2.12. The zero-order valence-electron chi connectivity index (χ0n) is 13.4. The summed E-state index contributed by atoms with van der Waals surface area (Å²) in [4.78, 5) is 23.4. The van der Waals surface area contributed by atoms with Crippen molar-refractivity contribution < 1.29 is 24.2 Å². The van der Waals surface area contributed by atoms with Crippen LogP contribution in [-0.4, -0.2) is 69.4 Å². The minimum Gasteiger partial charge on any atom is -0.497 e. The van der Waals surface area contributed by atoms with Gasteiger partial charge in [0.1, 0.15) is 11.8 Å². The number of carboxylic acid groups (broad SMARTS) is 1. The summed E-state index contributed by atoms with van der Waals surface area (Å²) < 4.78 is 10.5. The first-order chi connectivity index (χ1) is 11.1. The summed E-state index contributed by atoms with van der Waals surface area (Å²) in [7, 11) is 4.62. The molecule has 1 radical (unpaired) electrons. The third kappa shape index (κ3) is 7.27. The summed E-state index contributed by atoms with van der Waals surface area (Å²) in [5.74, 6) is -0.183. The quantitative estimate of drug-likeness (QED) is 0.318. The molecule has 1 atom stereocenters. The summed E-state index contributed by atoms with van der Waals surface area (Å²) in [5, 5.41) is 11.5. The Labute approximate surface area is 136 Å². The van der Waals surface area contributed by atoms with Crippen LogP contribution in [0.1, 0.15) is 5.56 Å². The Kier molecular flexibility index (Phi) is 8.97. The molecule has 0 heterocycles. The molecule has 0 amide bonds. The van der Waals surface area contributed by atoms with E-state index in [0.29, 0.717) is 19.7 Å². The van der Waals surface area contributed by atoms with E-state index in [1.54, 1.807) is 14.2 Å². The van der Waals surface area contributed by atoms with E-state index >= 15 is 0 Å². The molecule has 1 aromatic rings. The van der Waals surface area contributed by atoms with Crippen LogP contribution in [0.5, 0.6) is 5.75 Å². The van der Waals surface area contributed by atoms with Crippen molar-refractivity contribution in [2.45, 2.75) is 12.6 Å². The van der Waals surface area contributed by atoms with Crippen LogP contribution in [0.2, 0.25) is 0 Å². The first-order valence-corrected chi connectivity index (χ1v) is 7.24. The molecule has 0 spiro atoms. The number of benzene rings is 1. The molecule has 125 valence electrons. The van der Waals surface area contributed by atoms with E-state index in [1.165, 1.54) is 7.41 Å². The van der Waals surface area contributed by atoms with Gasteiger partial charge in [0.2, 0.25) is 0 Å². The summed E-state index contributed by atoms with van der Waals surface area (Å²) in [6.07, 6.45) is 0.719. The SMILES string of the molecule is CN[C@@H](COCCN([B]C=O)Cc1ccc(OC)cc1)C(=O)O. The van der Waals surface area contributed by atoms with Crippen molar-refractivity contribution in [2.24, 2.45) is 0 Å². The van der Waals surface area contributed by atoms with Crippen molar-refractivity contribution in [3.8, 4) is 5.75 Å². The maximum absolute atomic E-state index is 10.8. The topological polar surface area (TPSA) is 88.1 Å². The number of carbonyl (C=O) groups is 2. The third-order valence-electron chi connectivity index (χ3n) is 3.27. The average Bonchev–Trinajstić information content (AvgIpc) is 2.55. The number of nitrogens with zero attached hydrogens (tertiary/aromatic N) is 1. The van der Waals surface area contributed by atoms with Gasteiger partial charge in [-0.05, 0) is 24.7 Å². The van der Waals surface area contributed by atoms with E-state index < -0.39 is 12.0 Å². The van der Waals surface area contributed by atoms with Gasteiger partial charge in [0.15, 0.2) is 0 Å². The molecule has 0 bridgehead atoms. The maximum Gasteiger partial charge on any atom is 0.323 e. The number of hydrogen-bond donors (Lipinski definition) is 2. The molecule has 0 aliphatic heterocycles. The zero-order chi connectivity index (χ0) is 17.1. The van der Waals surface area contributed by atoms with Gasteiger partial charge in [0, 0.05) is 13.1 Å². The van der Waals surface area contributed by atoms with Gasteiger partial charge in [-0.1, -0.05) is 12.1 Å². The second-order valence-corrected chi connectivity index (χ2v) is 4.86. The van der Waals surface area contributed by atoms with Gasteiger partial charge >= 0.3 is 5.97 Å². The number of rotatable bonds is 12. The van der Waals surface area contributed by atoms with Crippen LogP contribution in [-0.2, 0) is 20.9 Å². The first-order valence-electron chi connectivity index (χ1n) is 7.24. The predicted molar refractivity (Wildman–Crippen MR) is 87.2 cm³/mol. The van der Waals surface area contributed by atoms with Gasteiger partial charge in [-0.3, -0.25) is 4.79 Å². The van der Waals surface area contributed by atoms with Gasteiger partial charge in [0.05, 0.1) is 26.5 Å². The normalized spacial score (nSPS) is 12.0. The van der Waals surface area contributed by atoms with Gasteiger partial charge in [-0.15, -0.1) is 0 Å². The van der Waals surface area contributed by atoms with Crippen molar-refractivity contribution in [3.63, 3.8) is 0 Å². The number of aliphatic carboxylic acids is 1. The molecule has 2 N–H and O–H groups in total. The number of methoxy groups -OCH3 is 1. The maximum atomic E-state index is 10.8. The third-order valence-corrected chi connectivity index (χ3v) is 3.27. The molecule has 0 unspecified atom stereocenters. The van der Waals surface area contributed by atoms with Crippen LogP contribution in [0, 0.1) is 0 Å². The van der Waals surface area contributed by atoms with E-state index in [9.17, 15) is 9.59 Å². The molecule has 0 aliphatic carbocycles. The second-order valence-electron chi connectivity index (χ2n) is 4.86. The lowest BCUT2D eigenvalue weighted by Crippen LogP contribution is -2.39. The van der Waals surface area contributed by atoms with Crippen LogP contribution < -0.4 is 10.1 Å². The van der Waals surface area contributed by atoms with Crippen LogP contribution in [0.15, 0.2) is 24.3 Å². The van der Waals surface area contributed by atoms with Crippen molar-refractivity contribution in [1.29, 1.82) is 0 Å². The second kappa shape index (κ2) is 10.8. The van der Waals surface area contributed by atoms with Crippen LogP contribution in [0.25, 0.3) is 0 Å². The van der Waals surface area contributed by atoms with Crippen molar-refractivity contribution in [3.05, 3.63) is 29.8 Å². The van der Waals surface area contributed by atoms with E-state index in [0.717, 1.165) is 17.5 Å². The van der Waals surface area contributed by atoms with Gasteiger partial charge in [-0.2, -0.15) is 0 Å². The number of hydrogen-bond acceptors (Lipinski definition) is 6. The highest BCUT2D eigenvalue weighted by atomic mass is 16.5. The van der Waals surface area contributed by atoms with Crippen molar-refractivity contribution >= 4 is 19.6 Å². The predicted octanol–water partition coefficient (Wildman–Crippen LogP) is -0.00420. The Hall–Kier alpha value is -1.90. The highest BCUT2D eigenvalue weighted by Gasteiger charge is 2.15. The van der Waals surface area contributed by atoms with Crippen molar-refractivity contribution in [1.82, 2.24) is 10.1 Å². The average molecular weight is 321 g/mol. The molecule has 0 saturated heterocycles. The Bertz CT molecular complexity index is 483. The Balaban J connectivity index is 2.42. The van der Waals surface area contributed by atoms with Gasteiger partial charge < -0.3 is 29.5 Å². The zero-order valence-corrected chi connectivity index (χ0v) is 13.4. The summed E-state index contributed by atoms with van der Waals surface area (Å²) >= 11 is 0. The number of carboxylic acids is 1. The summed E-state index contributed by atoms with van der Waals surface area (Å²) in [6, 6.07) is 6.82. The Morgan fingerprint density at radius 3 is 2.65 bits per heavy atom. The summed E-state index contributed by atoms with van der Waals surface area (Å²) in [6.45, 7) is 1.44. The number of ether oxygens (including phenoxy) is 2. The molecular weight excluding hydrogens is 299 g/mol. The Morgan fingerprint density at radius 2 is 2.13 bits per heavy atom. The van der Waals surface area contributed by atoms with Gasteiger partial charge in [-0.25, -0.2) is 0 Å². The minimum atomic E-state index is -0.956. The van der Waals surface area contributed by atoms with Crippen LogP contribution in [0.4, 0.5) is 0 Å². The molecule has 0 aromatic heterocycles.